The third kappa shape index (κ3) is 6.95. The molecule has 0 radical (unpaired) electrons. The van der Waals surface area contributed by atoms with Crippen molar-refractivity contribution >= 4 is 40.5 Å². The number of amides is 2. The molecule has 2 amide bonds. The molecular formula is C26H34ClN5O4. The first-order valence-electron chi connectivity index (χ1n) is 12.4. The largest absolute Gasteiger partial charge is 0.371 e. The number of rotatable bonds is 10. The fourth-order valence-corrected chi connectivity index (χ4v) is 4.47. The summed E-state index contributed by atoms with van der Waals surface area (Å²) in [5.74, 6) is -0.0780. The van der Waals surface area contributed by atoms with Gasteiger partial charge in [0.2, 0.25) is 0 Å². The van der Waals surface area contributed by atoms with E-state index in [-0.39, 0.29) is 22.2 Å². The summed E-state index contributed by atoms with van der Waals surface area (Å²) in [6, 6.07) is 9.17. The van der Waals surface area contributed by atoms with Gasteiger partial charge in [-0.05, 0) is 62.2 Å². The van der Waals surface area contributed by atoms with Crippen LogP contribution in [0.25, 0.3) is 0 Å². The predicted octanol–water partition coefficient (Wildman–Crippen LogP) is 4.81. The van der Waals surface area contributed by atoms with Crippen LogP contribution in [0.2, 0.25) is 5.02 Å². The van der Waals surface area contributed by atoms with E-state index in [2.05, 4.69) is 41.2 Å². The molecule has 0 aromatic heterocycles. The van der Waals surface area contributed by atoms with E-state index in [0.29, 0.717) is 23.7 Å². The number of nitro groups is 1. The molecule has 0 atom stereocenters. The minimum absolute atomic E-state index is 0.0413. The molecule has 9 nitrogen and oxygen atoms in total. The maximum Gasteiger partial charge on any atom is 0.288 e. The molecule has 2 N–H and O–H groups in total. The quantitative estimate of drug-likeness (QED) is 0.347. The van der Waals surface area contributed by atoms with E-state index in [1.165, 1.54) is 12.1 Å². The Morgan fingerprint density at radius 2 is 1.81 bits per heavy atom. The van der Waals surface area contributed by atoms with Crippen molar-refractivity contribution in [3.8, 4) is 0 Å². The Morgan fingerprint density at radius 1 is 1.11 bits per heavy atom. The van der Waals surface area contributed by atoms with Gasteiger partial charge in [0.1, 0.15) is 5.02 Å². The number of nitrogens with one attached hydrogen (secondary N) is 2. The van der Waals surface area contributed by atoms with Crippen LogP contribution in [0.1, 0.15) is 54.3 Å². The van der Waals surface area contributed by atoms with Gasteiger partial charge in [0.15, 0.2) is 0 Å². The SMILES string of the molecule is CCN(CC)CCNC(=O)c1cc(NC(=O)c2ccc(Cl)c([N+](=O)[O-])c2)ccc1N1CCC(C)CC1. The predicted molar refractivity (Wildman–Crippen MR) is 143 cm³/mol. The zero-order valence-electron chi connectivity index (χ0n) is 21.1. The summed E-state index contributed by atoms with van der Waals surface area (Å²) in [4.78, 5) is 41.1. The first kappa shape index (κ1) is 27.4. The number of nitrogens with zero attached hydrogens (tertiary/aromatic N) is 3. The summed E-state index contributed by atoms with van der Waals surface area (Å²) in [7, 11) is 0. The second-order valence-electron chi connectivity index (χ2n) is 9.06. The number of likely N-dealkylation sites (N-methyl/N-ethyl adjacent to an activating group) is 1. The van der Waals surface area contributed by atoms with E-state index in [1.807, 2.05) is 6.07 Å². The highest BCUT2D eigenvalue weighted by atomic mass is 35.5. The molecule has 36 heavy (non-hydrogen) atoms. The molecular weight excluding hydrogens is 482 g/mol. The molecule has 0 unspecified atom stereocenters. The molecule has 0 aliphatic carbocycles. The summed E-state index contributed by atoms with van der Waals surface area (Å²) >= 11 is 5.87. The van der Waals surface area contributed by atoms with Gasteiger partial charge in [-0.2, -0.15) is 0 Å². The van der Waals surface area contributed by atoms with Crippen LogP contribution in [-0.2, 0) is 0 Å². The van der Waals surface area contributed by atoms with E-state index >= 15 is 0 Å². The van der Waals surface area contributed by atoms with Gasteiger partial charge in [0, 0.05) is 49.2 Å². The summed E-state index contributed by atoms with van der Waals surface area (Å²) < 4.78 is 0. The van der Waals surface area contributed by atoms with Crippen LogP contribution in [0.4, 0.5) is 17.1 Å². The van der Waals surface area contributed by atoms with Crippen molar-refractivity contribution in [1.82, 2.24) is 10.2 Å². The molecule has 194 valence electrons. The number of nitro benzene ring substituents is 1. The minimum Gasteiger partial charge on any atom is -0.371 e. The van der Waals surface area contributed by atoms with Crippen LogP contribution in [0.3, 0.4) is 0 Å². The fraction of sp³-hybridized carbons (Fsp3) is 0.462. The number of halogens is 1. The Kier molecular flexibility index (Phi) is 9.66. The van der Waals surface area contributed by atoms with E-state index in [9.17, 15) is 19.7 Å². The van der Waals surface area contributed by atoms with Crippen molar-refractivity contribution < 1.29 is 14.5 Å². The third-order valence-corrected chi connectivity index (χ3v) is 6.96. The lowest BCUT2D eigenvalue weighted by Gasteiger charge is -2.33. The molecule has 1 aliphatic heterocycles. The Hall–Kier alpha value is -3.17. The zero-order chi connectivity index (χ0) is 26.2. The Morgan fingerprint density at radius 3 is 2.44 bits per heavy atom. The van der Waals surface area contributed by atoms with Crippen molar-refractivity contribution in [2.75, 3.05) is 49.5 Å². The van der Waals surface area contributed by atoms with Gasteiger partial charge in [-0.25, -0.2) is 0 Å². The van der Waals surface area contributed by atoms with Crippen LogP contribution < -0.4 is 15.5 Å². The second-order valence-corrected chi connectivity index (χ2v) is 9.47. The first-order valence-corrected chi connectivity index (χ1v) is 12.8. The van der Waals surface area contributed by atoms with Crippen LogP contribution >= 0.6 is 11.6 Å². The maximum atomic E-state index is 13.2. The molecule has 1 aliphatic rings. The van der Waals surface area contributed by atoms with Crippen molar-refractivity contribution in [2.45, 2.75) is 33.6 Å². The first-order chi connectivity index (χ1) is 17.2. The van der Waals surface area contributed by atoms with Gasteiger partial charge in [-0.3, -0.25) is 19.7 Å². The highest BCUT2D eigenvalue weighted by Crippen LogP contribution is 2.30. The minimum atomic E-state index is -0.631. The Bertz CT molecular complexity index is 1100. The van der Waals surface area contributed by atoms with Crippen molar-refractivity contribution in [3.05, 3.63) is 62.7 Å². The number of benzene rings is 2. The second kappa shape index (κ2) is 12.7. The van der Waals surface area contributed by atoms with Crippen LogP contribution in [0.15, 0.2) is 36.4 Å². The summed E-state index contributed by atoms with van der Waals surface area (Å²) in [6.45, 7) is 11.2. The van der Waals surface area contributed by atoms with Crippen molar-refractivity contribution in [1.29, 1.82) is 0 Å². The summed E-state index contributed by atoms with van der Waals surface area (Å²) in [6.07, 6.45) is 2.10. The standard InChI is InChI=1S/C26H34ClN5O4/c1-4-30(5-2)15-12-28-26(34)21-17-20(7-9-23(21)31-13-10-18(3)11-14-31)29-25(33)19-6-8-22(27)24(16-19)32(35)36/h6-9,16-18H,4-5,10-15H2,1-3H3,(H,28,34)(H,29,33). The van der Waals surface area contributed by atoms with E-state index in [1.54, 1.807) is 12.1 Å². The normalized spacial score (nSPS) is 14.1. The Balaban J connectivity index is 1.83. The fourth-order valence-electron chi connectivity index (χ4n) is 4.28. The van der Waals surface area contributed by atoms with Crippen molar-refractivity contribution in [2.24, 2.45) is 5.92 Å². The van der Waals surface area contributed by atoms with Crippen molar-refractivity contribution in [3.63, 3.8) is 0 Å². The van der Waals surface area contributed by atoms with Gasteiger partial charge in [-0.1, -0.05) is 32.4 Å². The van der Waals surface area contributed by atoms with Gasteiger partial charge < -0.3 is 20.4 Å². The average Bonchev–Trinajstić information content (AvgIpc) is 2.87. The van der Waals surface area contributed by atoms with Crippen LogP contribution in [-0.4, -0.2) is 60.9 Å². The topological polar surface area (TPSA) is 108 Å². The molecule has 2 aromatic rings. The lowest BCUT2D eigenvalue weighted by molar-refractivity contribution is -0.384. The molecule has 10 heteroatoms. The smallest absolute Gasteiger partial charge is 0.288 e. The molecule has 0 bridgehead atoms. The maximum absolute atomic E-state index is 13.2. The number of piperidine rings is 1. The highest BCUT2D eigenvalue weighted by molar-refractivity contribution is 6.32. The molecule has 3 rings (SSSR count). The number of carbonyl (C=O) groups is 2. The number of carbonyl (C=O) groups excluding carboxylic acids is 2. The number of anilines is 2. The van der Waals surface area contributed by atoms with E-state index < -0.39 is 10.8 Å². The average molecular weight is 516 g/mol. The molecule has 2 aromatic carbocycles. The van der Waals surface area contributed by atoms with Gasteiger partial charge in [0.25, 0.3) is 17.5 Å². The molecule has 0 saturated carbocycles. The van der Waals surface area contributed by atoms with Crippen LogP contribution in [0.5, 0.6) is 0 Å². The zero-order valence-corrected chi connectivity index (χ0v) is 21.8. The molecule has 1 heterocycles. The lowest BCUT2D eigenvalue weighted by atomic mass is 9.97. The van der Waals surface area contributed by atoms with Gasteiger partial charge in [0.05, 0.1) is 10.5 Å². The summed E-state index contributed by atoms with van der Waals surface area (Å²) in [5, 5.41) is 16.9. The van der Waals surface area contributed by atoms with E-state index in [0.717, 1.165) is 57.3 Å². The monoisotopic (exact) mass is 515 g/mol. The molecule has 1 fully saturated rings. The summed E-state index contributed by atoms with van der Waals surface area (Å²) in [5.41, 5.74) is 1.52. The molecule has 1 saturated heterocycles. The third-order valence-electron chi connectivity index (χ3n) is 6.64. The Labute approximate surface area is 216 Å². The van der Waals surface area contributed by atoms with Crippen LogP contribution in [0, 0.1) is 16.0 Å². The van der Waals surface area contributed by atoms with Gasteiger partial charge in [-0.15, -0.1) is 0 Å². The van der Waals surface area contributed by atoms with Gasteiger partial charge >= 0.3 is 0 Å². The highest BCUT2D eigenvalue weighted by Gasteiger charge is 2.22. The number of hydrogen-bond acceptors (Lipinski definition) is 6. The van der Waals surface area contributed by atoms with E-state index in [4.69, 9.17) is 11.6 Å². The molecule has 0 spiro atoms. The number of hydrogen-bond donors (Lipinski definition) is 2. The lowest BCUT2D eigenvalue weighted by Crippen LogP contribution is -2.37.